The molecule has 0 bridgehead atoms. The van der Waals surface area contributed by atoms with E-state index in [4.69, 9.17) is 5.26 Å². The Morgan fingerprint density at radius 2 is 1.86 bits per heavy atom. The molecule has 1 aliphatic heterocycles. The second-order valence-corrected chi connectivity index (χ2v) is 6.37. The Labute approximate surface area is 130 Å². The second-order valence-electron chi connectivity index (χ2n) is 5.27. The molecule has 1 aliphatic rings. The van der Waals surface area contributed by atoms with E-state index in [0.717, 1.165) is 17.9 Å². The number of nitriles is 1. The molecule has 1 saturated heterocycles. The molecule has 1 atom stereocenters. The van der Waals surface area contributed by atoms with Gasteiger partial charge in [0.15, 0.2) is 0 Å². The summed E-state index contributed by atoms with van der Waals surface area (Å²) in [5.41, 5.74) is 1.97. The third-order valence-corrected chi connectivity index (χ3v) is 5.05. The molecule has 2 aromatic rings. The van der Waals surface area contributed by atoms with Gasteiger partial charge in [0, 0.05) is 28.9 Å². The van der Waals surface area contributed by atoms with Crippen molar-refractivity contribution in [3.8, 4) is 6.07 Å². The van der Waals surface area contributed by atoms with E-state index in [2.05, 4.69) is 53.4 Å². The molecule has 0 spiro atoms. The van der Waals surface area contributed by atoms with Crippen LogP contribution in [-0.2, 0) is 0 Å². The van der Waals surface area contributed by atoms with Gasteiger partial charge in [-0.3, -0.25) is 0 Å². The quantitative estimate of drug-likeness (QED) is 0.786. The van der Waals surface area contributed by atoms with Crippen molar-refractivity contribution in [2.75, 3.05) is 17.2 Å². The summed E-state index contributed by atoms with van der Waals surface area (Å²) in [7, 11) is 0. The van der Waals surface area contributed by atoms with Crippen LogP contribution in [0.2, 0.25) is 0 Å². The minimum absolute atomic E-state index is 0.586. The summed E-state index contributed by atoms with van der Waals surface area (Å²) in [5, 5.41) is 8.89. The van der Waals surface area contributed by atoms with Gasteiger partial charge in [0.2, 0.25) is 0 Å². The number of thioether (sulfide) groups is 1. The van der Waals surface area contributed by atoms with Gasteiger partial charge in [-0.2, -0.15) is 5.26 Å². The SMILES string of the molecule is N#Cc1ccc(N2CCCC2CSc2ccccc2)cc1. The Bertz CT molecular complexity index is 616. The molecule has 0 N–H and O–H groups in total. The fraction of sp³-hybridized carbons (Fsp3) is 0.278. The molecule has 1 fully saturated rings. The maximum absolute atomic E-state index is 8.89. The molecule has 0 aliphatic carbocycles. The Morgan fingerprint density at radius 3 is 2.57 bits per heavy atom. The van der Waals surface area contributed by atoms with E-state index < -0.39 is 0 Å². The number of hydrogen-bond donors (Lipinski definition) is 0. The highest BCUT2D eigenvalue weighted by Crippen LogP contribution is 2.30. The summed E-state index contributed by atoms with van der Waals surface area (Å²) < 4.78 is 0. The van der Waals surface area contributed by atoms with Crippen LogP contribution in [0.5, 0.6) is 0 Å². The molecule has 0 saturated carbocycles. The van der Waals surface area contributed by atoms with Gasteiger partial charge in [-0.1, -0.05) is 18.2 Å². The monoisotopic (exact) mass is 294 g/mol. The Balaban J connectivity index is 1.66. The zero-order valence-corrected chi connectivity index (χ0v) is 12.7. The lowest BCUT2D eigenvalue weighted by Gasteiger charge is -2.26. The van der Waals surface area contributed by atoms with Crippen LogP contribution in [0.15, 0.2) is 59.5 Å². The van der Waals surface area contributed by atoms with Crippen molar-refractivity contribution in [2.24, 2.45) is 0 Å². The fourth-order valence-electron chi connectivity index (χ4n) is 2.79. The van der Waals surface area contributed by atoms with Crippen molar-refractivity contribution in [3.05, 3.63) is 60.2 Å². The van der Waals surface area contributed by atoms with Gasteiger partial charge in [-0.25, -0.2) is 0 Å². The molecule has 106 valence electrons. The average molecular weight is 294 g/mol. The first kappa shape index (κ1) is 14.0. The predicted octanol–water partition coefficient (Wildman–Crippen LogP) is 4.32. The van der Waals surface area contributed by atoms with Gasteiger partial charge in [0.05, 0.1) is 11.6 Å². The van der Waals surface area contributed by atoms with Crippen LogP contribution < -0.4 is 4.90 Å². The topological polar surface area (TPSA) is 27.0 Å². The summed E-state index contributed by atoms with van der Waals surface area (Å²) in [6, 6.07) is 21.3. The minimum Gasteiger partial charge on any atom is -0.368 e. The van der Waals surface area contributed by atoms with E-state index >= 15 is 0 Å². The summed E-state index contributed by atoms with van der Waals surface area (Å²) in [4.78, 5) is 3.82. The summed E-state index contributed by atoms with van der Waals surface area (Å²) in [5.74, 6) is 1.12. The lowest BCUT2D eigenvalue weighted by Crippen LogP contribution is -2.31. The van der Waals surface area contributed by atoms with E-state index in [1.165, 1.54) is 23.4 Å². The number of rotatable bonds is 4. The number of anilines is 1. The molecule has 3 heteroatoms. The van der Waals surface area contributed by atoms with Crippen LogP contribution in [0.4, 0.5) is 5.69 Å². The third kappa shape index (κ3) is 3.40. The van der Waals surface area contributed by atoms with Crippen molar-refractivity contribution >= 4 is 17.4 Å². The molecule has 2 nitrogen and oxygen atoms in total. The van der Waals surface area contributed by atoms with Crippen LogP contribution in [0.3, 0.4) is 0 Å². The van der Waals surface area contributed by atoms with Gasteiger partial charge in [-0.15, -0.1) is 11.8 Å². The van der Waals surface area contributed by atoms with E-state index in [1.54, 1.807) is 0 Å². The molecule has 0 radical (unpaired) electrons. The van der Waals surface area contributed by atoms with Crippen molar-refractivity contribution in [1.82, 2.24) is 0 Å². The second kappa shape index (κ2) is 6.69. The Morgan fingerprint density at radius 1 is 1.10 bits per heavy atom. The van der Waals surface area contributed by atoms with Crippen LogP contribution in [-0.4, -0.2) is 18.3 Å². The molecule has 1 unspecified atom stereocenters. The minimum atomic E-state index is 0.586. The highest BCUT2D eigenvalue weighted by Gasteiger charge is 2.24. The van der Waals surface area contributed by atoms with E-state index in [0.29, 0.717) is 6.04 Å². The first-order valence-electron chi connectivity index (χ1n) is 7.31. The largest absolute Gasteiger partial charge is 0.368 e. The number of hydrogen-bond acceptors (Lipinski definition) is 3. The van der Waals surface area contributed by atoms with Crippen molar-refractivity contribution in [3.63, 3.8) is 0 Å². The van der Waals surface area contributed by atoms with Crippen molar-refractivity contribution in [1.29, 1.82) is 5.26 Å². The van der Waals surface area contributed by atoms with Crippen LogP contribution >= 0.6 is 11.8 Å². The highest BCUT2D eigenvalue weighted by molar-refractivity contribution is 7.99. The number of benzene rings is 2. The van der Waals surface area contributed by atoms with Crippen LogP contribution in [0, 0.1) is 11.3 Å². The van der Waals surface area contributed by atoms with E-state index in [-0.39, 0.29) is 0 Å². The molecular formula is C18H18N2S. The van der Waals surface area contributed by atoms with Crippen molar-refractivity contribution < 1.29 is 0 Å². The van der Waals surface area contributed by atoms with Gasteiger partial charge in [0.1, 0.15) is 0 Å². The molecule has 2 aromatic carbocycles. The molecular weight excluding hydrogens is 276 g/mol. The summed E-state index contributed by atoms with van der Waals surface area (Å²) in [6.45, 7) is 1.12. The maximum atomic E-state index is 8.89. The normalized spacial score (nSPS) is 17.7. The smallest absolute Gasteiger partial charge is 0.0991 e. The molecule has 0 aromatic heterocycles. The summed E-state index contributed by atoms with van der Waals surface area (Å²) >= 11 is 1.93. The Hall–Kier alpha value is -1.92. The molecule has 0 amide bonds. The molecule has 21 heavy (non-hydrogen) atoms. The van der Waals surface area contributed by atoms with Crippen LogP contribution in [0.1, 0.15) is 18.4 Å². The first-order chi connectivity index (χ1) is 10.4. The van der Waals surface area contributed by atoms with Gasteiger partial charge < -0.3 is 4.90 Å². The average Bonchev–Trinajstić information content (AvgIpc) is 3.02. The lowest BCUT2D eigenvalue weighted by molar-refractivity contribution is 0.745. The molecule has 1 heterocycles. The number of nitrogens with zero attached hydrogens (tertiary/aromatic N) is 2. The zero-order chi connectivity index (χ0) is 14.5. The maximum Gasteiger partial charge on any atom is 0.0991 e. The fourth-order valence-corrected chi connectivity index (χ4v) is 3.87. The van der Waals surface area contributed by atoms with E-state index in [1.807, 2.05) is 23.9 Å². The van der Waals surface area contributed by atoms with Crippen molar-refractivity contribution in [2.45, 2.75) is 23.8 Å². The summed E-state index contributed by atoms with van der Waals surface area (Å²) in [6.07, 6.45) is 2.50. The Kier molecular flexibility index (Phi) is 4.47. The first-order valence-corrected chi connectivity index (χ1v) is 8.30. The van der Waals surface area contributed by atoms with Gasteiger partial charge >= 0.3 is 0 Å². The standard InChI is InChI=1S/C18H18N2S/c19-13-15-8-10-16(11-9-15)20-12-4-5-17(20)14-21-18-6-2-1-3-7-18/h1-3,6-11,17H,4-5,12,14H2. The zero-order valence-electron chi connectivity index (χ0n) is 11.9. The van der Waals surface area contributed by atoms with Crippen LogP contribution in [0.25, 0.3) is 0 Å². The van der Waals surface area contributed by atoms with Gasteiger partial charge in [0.25, 0.3) is 0 Å². The van der Waals surface area contributed by atoms with Gasteiger partial charge in [-0.05, 0) is 49.2 Å². The predicted molar refractivity (Wildman–Crippen MR) is 88.7 cm³/mol. The highest BCUT2D eigenvalue weighted by atomic mass is 32.2. The third-order valence-electron chi connectivity index (χ3n) is 3.89. The molecule has 3 rings (SSSR count). The lowest BCUT2D eigenvalue weighted by atomic mass is 10.2. The van der Waals surface area contributed by atoms with E-state index in [9.17, 15) is 0 Å².